The molecule has 0 bridgehead atoms. The number of ether oxygens (including phenoxy) is 2. The zero-order valence-electron chi connectivity index (χ0n) is 22.4. The first-order chi connectivity index (χ1) is 19.0. The molecular weight excluding hydrogens is 496 g/mol. The Labute approximate surface area is 227 Å². The van der Waals surface area contributed by atoms with Crippen LogP contribution in [0.2, 0.25) is 0 Å². The van der Waals surface area contributed by atoms with Crippen LogP contribution in [0.4, 0.5) is 28.7 Å². The van der Waals surface area contributed by atoms with E-state index in [0.717, 1.165) is 77.7 Å². The van der Waals surface area contributed by atoms with Gasteiger partial charge in [0.05, 0.1) is 43.9 Å². The van der Waals surface area contributed by atoms with Gasteiger partial charge in [-0.2, -0.15) is 0 Å². The highest BCUT2D eigenvalue weighted by Gasteiger charge is 2.24. The molecule has 3 aromatic rings. The third-order valence-electron chi connectivity index (χ3n) is 7.43. The van der Waals surface area contributed by atoms with Crippen LogP contribution >= 0.6 is 0 Å². The Morgan fingerprint density at radius 2 is 1.97 bits per heavy atom. The van der Waals surface area contributed by atoms with Crippen molar-refractivity contribution in [1.29, 1.82) is 0 Å². The summed E-state index contributed by atoms with van der Waals surface area (Å²) in [6, 6.07) is 5.85. The summed E-state index contributed by atoms with van der Waals surface area (Å²) in [6.45, 7) is 10.3. The van der Waals surface area contributed by atoms with Crippen molar-refractivity contribution in [3.63, 3.8) is 0 Å². The van der Waals surface area contributed by atoms with E-state index in [2.05, 4.69) is 42.6 Å². The van der Waals surface area contributed by atoms with E-state index in [1.807, 2.05) is 37.5 Å². The lowest BCUT2D eigenvalue weighted by atomic mass is 10.0. The van der Waals surface area contributed by atoms with Crippen molar-refractivity contribution in [1.82, 2.24) is 19.9 Å². The van der Waals surface area contributed by atoms with Gasteiger partial charge in [0.2, 0.25) is 17.7 Å². The Balaban J connectivity index is 1.12. The smallest absolute Gasteiger partial charge is 0.238 e. The van der Waals surface area contributed by atoms with Gasteiger partial charge in [0.25, 0.3) is 0 Å². The molecule has 0 saturated carbocycles. The molecule has 2 aromatic heterocycles. The summed E-state index contributed by atoms with van der Waals surface area (Å²) in [5.74, 6) is 1.21. The van der Waals surface area contributed by atoms with Gasteiger partial charge in [-0.15, -0.1) is 0 Å². The van der Waals surface area contributed by atoms with Gasteiger partial charge in [-0.1, -0.05) is 0 Å². The van der Waals surface area contributed by atoms with Crippen LogP contribution in [0.5, 0.6) is 5.88 Å². The lowest BCUT2D eigenvalue weighted by molar-refractivity contribution is -0.118. The first-order valence-electron chi connectivity index (χ1n) is 13.5. The van der Waals surface area contributed by atoms with E-state index in [-0.39, 0.29) is 5.91 Å². The molecular formula is C28H34N8O3. The van der Waals surface area contributed by atoms with Gasteiger partial charge < -0.3 is 30.3 Å². The van der Waals surface area contributed by atoms with Crippen molar-refractivity contribution < 1.29 is 14.3 Å². The fourth-order valence-electron chi connectivity index (χ4n) is 5.26. The number of aryl methyl sites for hydroxylation is 1. The number of hydrogen-bond donors (Lipinski definition) is 3. The van der Waals surface area contributed by atoms with Crippen molar-refractivity contribution in [3.05, 3.63) is 53.0 Å². The molecule has 0 unspecified atom stereocenters. The zero-order valence-corrected chi connectivity index (χ0v) is 22.4. The minimum absolute atomic E-state index is 0.0176. The Bertz CT molecular complexity index is 1380. The number of hydrogen-bond acceptors (Lipinski definition) is 10. The number of fused-ring (bicyclic) bond motifs is 2. The molecule has 0 radical (unpaired) electrons. The zero-order chi connectivity index (χ0) is 26.8. The highest BCUT2D eigenvalue weighted by molar-refractivity contribution is 5.93. The summed E-state index contributed by atoms with van der Waals surface area (Å²) in [4.78, 5) is 30.9. The summed E-state index contributed by atoms with van der Waals surface area (Å²) in [5, 5.41) is 9.79. The van der Waals surface area contributed by atoms with Gasteiger partial charge >= 0.3 is 0 Å². The van der Waals surface area contributed by atoms with Crippen molar-refractivity contribution in [2.75, 3.05) is 73.4 Å². The van der Waals surface area contributed by atoms with Gasteiger partial charge in [-0.25, -0.2) is 15.0 Å². The summed E-state index contributed by atoms with van der Waals surface area (Å²) in [7, 11) is 0. The summed E-state index contributed by atoms with van der Waals surface area (Å²) in [6.07, 6.45) is 4.69. The number of aromatic nitrogens is 3. The van der Waals surface area contributed by atoms with E-state index >= 15 is 0 Å². The van der Waals surface area contributed by atoms with Crippen LogP contribution in [0.3, 0.4) is 0 Å². The molecule has 39 heavy (non-hydrogen) atoms. The van der Waals surface area contributed by atoms with E-state index < -0.39 is 0 Å². The minimum atomic E-state index is -0.0176. The van der Waals surface area contributed by atoms with E-state index in [9.17, 15) is 4.79 Å². The van der Waals surface area contributed by atoms with Crippen molar-refractivity contribution in [2.24, 2.45) is 0 Å². The minimum Gasteiger partial charge on any atom is -0.474 e. The Morgan fingerprint density at radius 1 is 1.10 bits per heavy atom. The summed E-state index contributed by atoms with van der Waals surface area (Å²) in [5.41, 5.74) is 8.01. The number of amides is 1. The second-order valence-corrected chi connectivity index (χ2v) is 10.2. The summed E-state index contributed by atoms with van der Waals surface area (Å²) >= 11 is 0. The lowest BCUT2D eigenvalue weighted by Gasteiger charge is -2.32. The predicted octanol–water partition coefficient (Wildman–Crippen LogP) is 2.87. The average Bonchev–Trinajstić information content (AvgIpc) is 2.95. The molecule has 3 N–H and O–H groups in total. The quantitative estimate of drug-likeness (QED) is 0.439. The molecule has 3 aliphatic rings. The molecule has 1 saturated heterocycles. The molecule has 0 aliphatic carbocycles. The number of benzene rings is 1. The maximum atomic E-state index is 12.5. The van der Waals surface area contributed by atoms with E-state index in [1.165, 1.54) is 0 Å². The third kappa shape index (κ3) is 5.59. The number of morpholine rings is 1. The maximum absolute atomic E-state index is 12.5. The molecule has 1 fully saturated rings. The van der Waals surface area contributed by atoms with Crippen molar-refractivity contribution in [2.45, 2.75) is 26.8 Å². The van der Waals surface area contributed by atoms with Crippen molar-refractivity contribution >= 4 is 34.6 Å². The predicted molar refractivity (Wildman–Crippen MR) is 150 cm³/mol. The molecule has 1 amide bonds. The molecule has 1 aromatic carbocycles. The molecule has 11 nitrogen and oxygen atoms in total. The number of anilines is 5. The molecule has 11 heteroatoms. The van der Waals surface area contributed by atoms with Crippen LogP contribution in [0.1, 0.15) is 22.4 Å². The van der Waals surface area contributed by atoms with Crippen molar-refractivity contribution in [3.8, 4) is 5.88 Å². The van der Waals surface area contributed by atoms with Gasteiger partial charge in [0.15, 0.2) is 0 Å². The van der Waals surface area contributed by atoms with Gasteiger partial charge in [-0.3, -0.25) is 9.69 Å². The van der Waals surface area contributed by atoms with Gasteiger partial charge in [-0.05, 0) is 49.6 Å². The first-order valence-corrected chi connectivity index (χ1v) is 13.5. The number of carbonyl (C=O) groups is 1. The second-order valence-electron chi connectivity index (χ2n) is 10.2. The number of carbonyl (C=O) groups excluding carboxylic acids is 1. The van der Waals surface area contributed by atoms with Crippen LogP contribution in [-0.4, -0.2) is 78.3 Å². The Morgan fingerprint density at radius 3 is 2.82 bits per heavy atom. The topological polar surface area (TPSA) is 117 Å². The normalized spacial score (nSPS) is 16.9. The number of rotatable bonds is 6. The monoisotopic (exact) mass is 530 g/mol. The molecule has 0 atom stereocenters. The fourth-order valence-corrected chi connectivity index (χ4v) is 5.26. The fraction of sp³-hybridized carbons (Fsp3) is 0.429. The second kappa shape index (κ2) is 11.0. The molecule has 6 rings (SSSR count). The summed E-state index contributed by atoms with van der Waals surface area (Å²) < 4.78 is 11.1. The number of pyridine rings is 1. The highest BCUT2D eigenvalue weighted by atomic mass is 16.5. The highest BCUT2D eigenvalue weighted by Crippen LogP contribution is 2.36. The lowest BCUT2D eigenvalue weighted by Crippen LogP contribution is -2.41. The number of nitrogens with zero attached hydrogens (tertiary/aromatic N) is 5. The third-order valence-corrected chi connectivity index (χ3v) is 7.43. The van der Waals surface area contributed by atoms with Gasteiger partial charge in [0, 0.05) is 49.3 Å². The van der Waals surface area contributed by atoms with E-state index in [4.69, 9.17) is 14.5 Å². The van der Waals surface area contributed by atoms with Crippen LogP contribution in [0.15, 0.2) is 30.6 Å². The van der Waals surface area contributed by atoms with E-state index in [0.29, 0.717) is 44.7 Å². The largest absolute Gasteiger partial charge is 0.474 e. The SMILES string of the molecule is Cc1cc(Nc2ncc3c(n2)CN(c2cnc4c(c2C)NCCO4)CC3)ccc1NC(=O)CN1CCOCC1. The van der Waals surface area contributed by atoms with Crippen LogP contribution < -0.4 is 25.6 Å². The first kappa shape index (κ1) is 25.3. The molecule has 3 aliphatic heterocycles. The maximum Gasteiger partial charge on any atom is 0.238 e. The molecule has 5 heterocycles. The Kier molecular flexibility index (Phi) is 7.16. The van der Waals surface area contributed by atoms with Crippen LogP contribution in [0, 0.1) is 13.8 Å². The van der Waals surface area contributed by atoms with E-state index in [1.54, 1.807) is 0 Å². The molecule has 0 spiro atoms. The van der Waals surface area contributed by atoms with Gasteiger partial charge in [0.1, 0.15) is 12.3 Å². The van der Waals surface area contributed by atoms with Crippen LogP contribution in [-0.2, 0) is 22.5 Å². The standard InChI is InChI=1S/C28H34N8O3/c1-18-13-21(3-4-22(18)33-25(37)17-35-8-11-38-12-9-35)32-28-31-14-20-5-7-36(16-23(20)34-28)24-15-30-27-26(19(24)2)29-6-10-39-27/h3-4,13-15,29H,5-12,16-17H2,1-2H3,(H,33,37)(H,31,32,34). The van der Waals surface area contributed by atoms with Crippen LogP contribution in [0.25, 0.3) is 0 Å². The molecule has 204 valence electrons. The Hall–Kier alpha value is -3.96. The number of nitrogens with one attached hydrogen (secondary N) is 3. The average molecular weight is 531 g/mol.